The SMILES string of the molecule is CC(CN)CN1CCCC2(C1)OCCO2. The summed E-state index contributed by atoms with van der Waals surface area (Å²) in [4.78, 5) is 2.42. The van der Waals surface area contributed by atoms with Crippen LogP contribution in [0.1, 0.15) is 19.8 Å². The van der Waals surface area contributed by atoms with Crippen molar-refractivity contribution in [1.29, 1.82) is 0 Å². The fourth-order valence-electron chi connectivity index (χ4n) is 2.47. The Labute approximate surface area is 91.7 Å². The Morgan fingerprint density at radius 3 is 2.80 bits per heavy atom. The third-order valence-corrected chi connectivity index (χ3v) is 3.28. The molecule has 4 nitrogen and oxygen atoms in total. The zero-order valence-corrected chi connectivity index (χ0v) is 9.58. The first-order chi connectivity index (χ1) is 7.24. The van der Waals surface area contributed by atoms with Gasteiger partial charge in [-0.2, -0.15) is 0 Å². The third kappa shape index (κ3) is 2.69. The second kappa shape index (κ2) is 4.78. The molecule has 2 N–H and O–H groups in total. The lowest BCUT2D eigenvalue weighted by Gasteiger charge is -2.39. The molecule has 1 unspecified atom stereocenters. The summed E-state index contributed by atoms with van der Waals surface area (Å²) < 4.78 is 11.5. The topological polar surface area (TPSA) is 47.7 Å². The molecule has 0 saturated carbocycles. The molecule has 0 amide bonds. The van der Waals surface area contributed by atoms with Crippen LogP contribution in [0.15, 0.2) is 0 Å². The number of likely N-dealkylation sites (tertiary alicyclic amines) is 1. The van der Waals surface area contributed by atoms with Crippen LogP contribution in [0.5, 0.6) is 0 Å². The molecule has 1 spiro atoms. The van der Waals surface area contributed by atoms with Crippen LogP contribution in [-0.4, -0.2) is 50.1 Å². The first kappa shape index (κ1) is 11.3. The van der Waals surface area contributed by atoms with Gasteiger partial charge in [0.05, 0.1) is 19.8 Å². The van der Waals surface area contributed by atoms with Gasteiger partial charge in [0.15, 0.2) is 5.79 Å². The fraction of sp³-hybridized carbons (Fsp3) is 1.00. The predicted octanol–water partition coefficient (Wildman–Crippen LogP) is 0.420. The molecule has 0 bridgehead atoms. The monoisotopic (exact) mass is 214 g/mol. The fourth-order valence-corrected chi connectivity index (χ4v) is 2.47. The highest BCUT2D eigenvalue weighted by Gasteiger charge is 2.40. The molecular weight excluding hydrogens is 192 g/mol. The van der Waals surface area contributed by atoms with E-state index in [0.717, 1.165) is 52.2 Å². The minimum absolute atomic E-state index is 0.285. The van der Waals surface area contributed by atoms with Crippen LogP contribution >= 0.6 is 0 Å². The van der Waals surface area contributed by atoms with E-state index in [2.05, 4.69) is 11.8 Å². The quantitative estimate of drug-likeness (QED) is 0.739. The number of hydrogen-bond donors (Lipinski definition) is 1. The summed E-state index contributed by atoms with van der Waals surface area (Å²) in [5.41, 5.74) is 5.64. The number of nitrogens with two attached hydrogens (primary N) is 1. The molecule has 15 heavy (non-hydrogen) atoms. The number of hydrogen-bond acceptors (Lipinski definition) is 4. The average Bonchev–Trinajstić information content (AvgIpc) is 2.66. The average molecular weight is 214 g/mol. The molecule has 2 saturated heterocycles. The highest BCUT2D eigenvalue weighted by Crippen LogP contribution is 2.30. The molecule has 2 rings (SSSR count). The van der Waals surface area contributed by atoms with Crippen molar-refractivity contribution in [2.75, 3.05) is 39.4 Å². The summed E-state index contributed by atoms with van der Waals surface area (Å²) in [5.74, 6) is 0.272. The van der Waals surface area contributed by atoms with E-state index in [1.54, 1.807) is 0 Å². The van der Waals surface area contributed by atoms with Gasteiger partial charge in [-0.25, -0.2) is 0 Å². The molecule has 1 atom stereocenters. The van der Waals surface area contributed by atoms with E-state index in [1.165, 1.54) is 0 Å². The minimum Gasteiger partial charge on any atom is -0.346 e. The van der Waals surface area contributed by atoms with Gasteiger partial charge in [0, 0.05) is 13.0 Å². The van der Waals surface area contributed by atoms with Gasteiger partial charge in [-0.15, -0.1) is 0 Å². The molecular formula is C11H22N2O2. The van der Waals surface area contributed by atoms with Gasteiger partial charge in [0.25, 0.3) is 0 Å². The van der Waals surface area contributed by atoms with Gasteiger partial charge in [0.1, 0.15) is 0 Å². The van der Waals surface area contributed by atoms with Gasteiger partial charge in [-0.3, -0.25) is 4.90 Å². The Morgan fingerprint density at radius 1 is 1.40 bits per heavy atom. The second-order valence-corrected chi connectivity index (χ2v) is 4.79. The van der Waals surface area contributed by atoms with Gasteiger partial charge < -0.3 is 15.2 Å². The van der Waals surface area contributed by atoms with Crippen LogP contribution in [0.25, 0.3) is 0 Å². The number of ether oxygens (including phenoxy) is 2. The lowest BCUT2D eigenvalue weighted by molar-refractivity contribution is -0.190. The van der Waals surface area contributed by atoms with Crippen molar-refractivity contribution in [3.63, 3.8) is 0 Å². The number of piperidine rings is 1. The molecule has 0 aromatic heterocycles. The largest absolute Gasteiger partial charge is 0.346 e. The summed E-state index contributed by atoms with van der Waals surface area (Å²) in [7, 11) is 0. The van der Waals surface area contributed by atoms with Crippen molar-refractivity contribution in [2.45, 2.75) is 25.6 Å². The maximum Gasteiger partial charge on any atom is 0.181 e. The molecule has 4 heteroatoms. The van der Waals surface area contributed by atoms with Crippen molar-refractivity contribution >= 4 is 0 Å². The maximum atomic E-state index is 5.73. The van der Waals surface area contributed by atoms with Crippen LogP contribution in [0.2, 0.25) is 0 Å². The summed E-state index contributed by atoms with van der Waals surface area (Å²) in [6.45, 7) is 7.57. The molecule has 2 aliphatic heterocycles. The Balaban J connectivity index is 1.86. The van der Waals surface area contributed by atoms with Gasteiger partial charge >= 0.3 is 0 Å². The molecule has 2 fully saturated rings. The van der Waals surface area contributed by atoms with Crippen LogP contribution in [0, 0.1) is 5.92 Å². The van der Waals surface area contributed by atoms with E-state index in [4.69, 9.17) is 15.2 Å². The smallest absolute Gasteiger partial charge is 0.181 e. The molecule has 2 heterocycles. The van der Waals surface area contributed by atoms with E-state index in [1.807, 2.05) is 0 Å². The molecule has 2 aliphatic rings. The standard InChI is InChI=1S/C11H22N2O2/c1-10(7-12)8-13-4-2-3-11(9-13)14-5-6-15-11/h10H,2-9,12H2,1H3. The van der Waals surface area contributed by atoms with Crippen LogP contribution in [0.4, 0.5) is 0 Å². The molecule has 0 aliphatic carbocycles. The van der Waals surface area contributed by atoms with Crippen LogP contribution < -0.4 is 5.73 Å². The highest BCUT2D eigenvalue weighted by atomic mass is 16.7. The second-order valence-electron chi connectivity index (χ2n) is 4.79. The minimum atomic E-state index is -0.285. The Hall–Kier alpha value is -0.160. The zero-order chi connectivity index (χ0) is 10.7. The predicted molar refractivity (Wildman–Crippen MR) is 58.5 cm³/mol. The van der Waals surface area contributed by atoms with Crippen LogP contribution in [-0.2, 0) is 9.47 Å². The third-order valence-electron chi connectivity index (χ3n) is 3.28. The van der Waals surface area contributed by atoms with E-state index in [0.29, 0.717) is 5.92 Å². The lowest BCUT2D eigenvalue weighted by Crippen LogP contribution is -2.50. The van der Waals surface area contributed by atoms with Crippen molar-refractivity contribution in [3.8, 4) is 0 Å². The van der Waals surface area contributed by atoms with E-state index >= 15 is 0 Å². The van der Waals surface area contributed by atoms with Gasteiger partial charge in [-0.1, -0.05) is 6.92 Å². The summed E-state index contributed by atoms with van der Waals surface area (Å²) >= 11 is 0. The zero-order valence-electron chi connectivity index (χ0n) is 9.58. The van der Waals surface area contributed by atoms with Crippen molar-refractivity contribution in [1.82, 2.24) is 4.90 Å². The van der Waals surface area contributed by atoms with Gasteiger partial charge in [0.2, 0.25) is 0 Å². The molecule has 0 radical (unpaired) electrons. The first-order valence-corrected chi connectivity index (χ1v) is 5.94. The maximum absolute atomic E-state index is 5.73. The van der Waals surface area contributed by atoms with E-state index < -0.39 is 0 Å². The lowest BCUT2D eigenvalue weighted by atomic mass is 10.0. The van der Waals surface area contributed by atoms with Crippen molar-refractivity contribution in [3.05, 3.63) is 0 Å². The van der Waals surface area contributed by atoms with E-state index in [9.17, 15) is 0 Å². The number of nitrogens with zero attached hydrogens (tertiary/aromatic N) is 1. The highest BCUT2D eigenvalue weighted by molar-refractivity contribution is 4.84. The Bertz CT molecular complexity index is 205. The van der Waals surface area contributed by atoms with Crippen molar-refractivity contribution in [2.24, 2.45) is 11.7 Å². The molecule has 0 aromatic carbocycles. The Morgan fingerprint density at radius 2 is 2.13 bits per heavy atom. The number of rotatable bonds is 3. The Kier molecular flexibility index (Phi) is 3.61. The van der Waals surface area contributed by atoms with Crippen molar-refractivity contribution < 1.29 is 9.47 Å². The molecule has 0 aromatic rings. The first-order valence-electron chi connectivity index (χ1n) is 5.94. The summed E-state index contributed by atoms with van der Waals surface area (Å²) in [5, 5.41) is 0. The van der Waals surface area contributed by atoms with E-state index in [-0.39, 0.29) is 5.79 Å². The van der Waals surface area contributed by atoms with Crippen LogP contribution in [0.3, 0.4) is 0 Å². The van der Waals surface area contributed by atoms with Gasteiger partial charge in [-0.05, 0) is 25.4 Å². The summed E-state index contributed by atoms with van der Waals surface area (Å²) in [6.07, 6.45) is 2.21. The summed E-state index contributed by atoms with van der Waals surface area (Å²) in [6, 6.07) is 0. The normalized spacial score (nSPS) is 28.4. The molecule has 88 valence electrons.